The van der Waals surface area contributed by atoms with Crippen LogP contribution in [0, 0.1) is 6.92 Å². The van der Waals surface area contributed by atoms with Crippen molar-refractivity contribution in [3.63, 3.8) is 0 Å². The smallest absolute Gasteiger partial charge is 0.262 e. The summed E-state index contributed by atoms with van der Waals surface area (Å²) in [6.07, 6.45) is 5.09. The van der Waals surface area contributed by atoms with Crippen LogP contribution in [-0.2, 0) is 17.1 Å². The van der Waals surface area contributed by atoms with Gasteiger partial charge in [0.05, 0.1) is 21.8 Å². The number of hydrogen-bond acceptors (Lipinski definition) is 4. The van der Waals surface area contributed by atoms with E-state index in [1.54, 1.807) is 59.6 Å². The summed E-state index contributed by atoms with van der Waals surface area (Å²) >= 11 is 6.09. The predicted octanol–water partition coefficient (Wildman–Crippen LogP) is 4.23. The fourth-order valence-electron chi connectivity index (χ4n) is 3.28. The highest BCUT2D eigenvalue weighted by molar-refractivity contribution is 7.92. The fourth-order valence-corrected chi connectivity index (χ4v) is 4.87. The Kier molecular flexibility index (Phi) is 5.77. The first kappa shape index (κ1) is 21.7. The third-order valence-corrected chi connectivity index (χ3v) is 6.69. The van der Waals surface area contributed by atoms with Gasteiger partial charge in [-0.3, -0.25) is 14.2 Å². The Balaban J connectivity index is 1.63. The lowest BCUT2D eigenvalue weighted by molar-refractivity contribution is 0.102. The number of halogens is 1. The topological polar surface area (TPSA) is 98.0 Å². The maximum atomic E-state index is 13.0. The molecule has 32 heavy (non-hydrogen) atoms. The Hall–Kier alpha value is -3.56. The third-order valence-electron chi connectivity index (χ3n) is 4.85. The molecule has 0 aliphatic rings. The minimum Gasteiger partial charge on any atom is -0.322 e. The van der Waals surface area contributed by atoms with Gasteiger partial charge in [-0.15, -0.1) is 0 Å². The van der Waals surface area contributed by atoms with Crippen molar-refractivity contribution in [2.24, 2.45) is 7.05 Å². The number of aromatic nitrogens is 3. The normalized spacial score (nSPS) is 11.3. The number of para-hydroxylation sites is 1. The van der Waals surface area contributed by atoms with E-state index in [0.717, 1.165) is 0 Å². The lowest BCUT2D eigenvalue weighted by Crippen LogP contribution is -2.17. The van der Waals surface area contributed by atoms with E-state index in [4.69, 9.17) is 11.6 Å². The zero-order valence-electron chi connectivity index (χ0n) is 17.3. The molecule has 2 heterocycles. The third kappa shape index (κ3) is 4.25. The van der Waals surface area contributed by atoms with Gasteiger partial charge in [0.1, 0.15) is 11.4 Å². The number of nitrogens with zero attached hydrogens (tertiary/aromatic N) is 3. The first-order valence-electron chi connectivity index (χ1n) is 9.61. The van der Waals surface area contributed by atoms with Gasteiger partial charge in [-0.25, -0.2) is 8.42 Å². The number of nitrogens with one attached hydrogen (secondary N) is 2. The molecule has 0 fully saturated rings. The highest BCUT2D eigenvalue weighted by atomic mass is 35.5. The van der Waals surface area contributed by atoms with Gasteiger partial charge >= 0.3 is 0 Å². The molecule has 8 nitrogen and oxygen atoms in total. The zero-order chi connectivity index (χ0) is 22.9. The minimum absolute atomic E-state index is 0.0343. The van der Waals surface area contributed by atoms with Crippen LogP contribution in [0.1, 0.15) is 15.9 Å². The molecule has 0 bridgehead atoms. The zero-order valence-corrected chi connectivity index (χ0v) is 18.9. The molecule has 0 atom stereocenters. The van der Waals surface area contributed by atoms with E-state index in [1.807, 2.05) is 24.5 Å². The van der Waals surface area contributed by atoms with Gasteiger partial charge in [0, 0.05) is 25.1 Å². The summed E-state index contributed by atoms with van der Waals surface area (Å²) in [6, 6.07) is 14.9. The van der Waals surface area contributed by atoms with Crippen LogP contribution in [-0.4, -0.2) is 28.7 Å². The Morgan fingerprint density at radius 3 is 2.50 bits per heavy atom. The number of carbonyl (C=O) groups excluding carboxylic acids is 1. The van der Waals surface area contributed by atoms with Crippen molar-refractivity contribution in [2.75, 3.05) is 10.0 Å². The number of hydrogen-bond donors (Lipinski definition) is 2. The van der Waals surface area contributed by atoms with E-state index < -0.39 is 15.9 Å². The molecule has 0 saturated heterocycles. The summed E-state index contributed by atoms with van der Waals surface area (Å²) in [5.74, 6) is 0.181. The van der Waals surface area contributed by atoms with Gasteiger partial charge < -0.3 is 9.88 Å². The molecule has 0 unspecified atom stereocenters. The second kappa shape index (κ2) is 8.52. The van der Waals surface area contributed by atoms with Crippen molar-refractivity contribution in [1.29, 1.82) is 0 Å². The summed E-state index contributed by atoms with van der Waals surface area (Å²) < 4.78 is 31.9. The molecule has 4 aromatic rings. The second-order valence-electron chi connectivity index (χ2n) is 7.12. The van der Waals surface area contributed by atoms with E-state index in [9.17, 15) is 13.2 Å². The van der Waals surface area contributed by atoms with E-state index >= 15 is 0 Å². The molecule has 2 N–H and O–H groups in total. The van der Waals surface area contributed by atoms with Crippen LogP contribution in [0.5, 0.6) is 0 Å². The maximum absolute atomic E-state index is 13.0. The van der Waals surface area contributed by atoms with Gasteiger partial charge in [-0.1, -0.05) is 29.8 Å². The molecule has 1 amide bonds. The predicted molar refractivity (Wildman–Crippen MR) is 124 cm³/mol. The van der Waals surface area contributed by atoms with Crippen molar-refractivity contribution in [1.82, 2.24) is 14.3 Å². The Morgan fingerprint density at radius 2 is 1.78 bits per heavy atom. The van der Waals surface area contributed by atoms with Gasteiger partial charge in [-0.05, 0) is 48.9 Å². The lowest BCUT2D eigenvalue weighted by atomic mass is 10.2. The van der Waals surface area contributed by atoms with Gasteiger partial charge in [0.15, 0.2) is 0 Å². The standard InChI is InChI=1S/C22H20ClN5O3S/c1-15-9-10-16(13-20(15)32(30,31)26-19-8-4-3-7-18(19)23)25-21(29)17-14-24-27(2)22(17)28-11-5-6-12-28/h3-14,26H,1-2H3,(H,25,29). The maximum Gasteiger partial charge on any atom is 0.262 e. The number of benzene rings is 2. The number of sulfonamides is 1. The molecule has 0 aliphatic heterocycles. The van der Waals surface area contributed by atoms with Gasteiger partial charge in [0.2, 0.25) is 0 Å². The van der Waals surface area contributed by atoms with Gasteiger partial charge in [-0.2, -0.15) is 5.10 Å². The summed E-state index contributed by atoms with van der Waals surface area (Å²) in [6.45, 7) is 1.68. The Morgan fingerprint density at radius 1 is 1.06 bits per heavy atom. The molecular formula is C22H20ClN5O3S. The van der Waals surface area contributed by atoms with Crippen molar-refractivity contribution in [2.45, 2.75) is 11.8 Å². The molecule has 0 saturated carbocycles. The SMILES string of the molecule is Cc1ccc(NC(=O)c2cnn(C)c2-n2cccc2)cc1S(=O)(=O)Nc1ccccc1Cl. The molecule has 0 radical (unpaired) electrons. The lowest BCUT2D eigenvalue weighted by Gasteiger charge is -2.14. The molecule has 2 aromatic heterocycles. The monoisotopic (exact) mass is 469 g/mol. The second-order valence-corrected chi connectivity index (χ2v) is 9.17. The number of carbonyl (C=O) groups is 1. The highest BCUT2D eigenvalue weighted by Gasteiger charge is 2.21. The first-order valence-corrected chi connectivity index (χ1v) is 11.5. The van der Waals surface area contributed by atoms with Crippen LogP contribution < -0.4 is 10.0 Å². The number of aryl methyl sites for hydroxylation is 2. The van der Waals surface area contributed by atoms with Crippen molar-refractivity contribution < 1.29 is 13.2 Å². The first-order chi connectivity index (χ1) is 15.3. The molecule has 2 aromatic carbocycles. The average Bonchev–Trinajstić information content (AvgIpc) is 3.40. The summed E-state index contributed by atoms with van der Waals surface area (Å²) in [7, 11) is -2.20. The van der Waals surface area contributed by atoms with Crippen LogP contribution in [0.3, 0.4) is 0 Å². The quantitative estimate of drug-likeness (QED) is 0.441. The Labute approximate surface area is 190 Å². The number of amides is 1. The minimum atomic E-state index is -3.94. The van der Waals surface area contributed by atoms with Crippen molar-refractivity contribution in [3.05, 3.63) is 89.3 Å². The number of rotatable bonds is 6. The summed E-state index contributed by atoms with van der Waals surface area (Å²) in [5, 5.41) is 7.23. The van der Waals surface area contributed by atoms with E-state index in [2.05, 4.69) is 15.1 Å². The van der Waals surface area contributed by atoms with Crippen LogP contribution in [0.2, 0.25) is 5.02 Å². The number of anilines is 2. The van der Waals surface area contributed by atoms with Crippen LogP contribution in [0.15, 0.2) is 78.1 Å². The van der Waals surface area contributed by atoms with E-state index in [-0.39, 0.29) is 15.6 Å². The molecule has 0 aliphatic carbocycles. The van der Waals surface area contributed by atoms with Crippen LogP contribution in [0.4, 0.5) is 11.4 Å². The van der Waals surface area contributed by atoms with Crippen molar-refractivity contribution in [3.8, 4) is 5.82 Å². The van der Waals surface area contributed by atoms with Crippen LogP contribution in [0.25, 0.3) is 5.82 Å². The molecular weight excluding hydrogens is 450 g/mol. The van der Waals surface area contributed by atoms with Crippen LogP contribution >= 0.6 is 11.6 Å². The molecule has 164 valence electrons. The van der Waals surface area contributed by atoms with E-state index in [0.29, 0.717) is 22.6 Å². The van der Waals surface area contributed by atoms with Crippen molar-refractivity contribution >= 4 is 38.9 Å². The fraction of sp³-hybridized carbons (Fsp3) is 0.0909. The molecule has 4 rings (SSSR count). The molecule has 10 heteroatoms. The summed E-state index contributed by atoms with van der Waals surface area (Å²) in [4.78, 5) is 13.0. The highest BCUT2D eigenvalue weighted by Crippen LogP contribution is 2.27. The Bertz CT molecular complexity index is 1390. The average molecular weight is 470 g/mol. The summed E-state index contributed by atoms with van der Waals surface area (Å²) in [5.41, 5.74) is 1.48. The van der Waals surface area contributed by atoms with E-state index in [1.165, 1.54) is 12.3 Å². The van der Waals surface area contributed by atoms with Gasteiger partial charge in [0.25, 0.3) is 15.9 Å². The largest absolute Gasteiger partial charge is 0.322 e. The molecule has 0 spiro atoms.